The van der Waals surface area contributed by atoms with E-state index in [1.54, 1.807) is 30.4 Å². The highest BCUT2D eigenvalue weighted by Gasteiger charge is 2.15. The number of hydrogen-bond donors (Lipinski definition) is 0. The lowest BCUT2D eigenvalue weighted by atomic mass is 10.2. The van der Waals surface area contributed by atoms with E-state index in [0.717, 1.165) is 11.3 Å². The molecule has 2 aromatic heterocycles. The molecule has 25 heavy (non-hydrogen) atoms. The second-order valence-corrected chi connectivity index (χ2v) is 5.73. The van der Waals surface area contributed by atoms with Crippen LogP contribution in [0.25, 0.3) is 0 Å². The molecule has 0 aliphatic heterocycles. The second-order valence-electron chi connectivity index (χ2n) is 5.73. The van der Waals surface area contributed by atoms with Gasteiger partial charge in [0.1, 0.15) is 5.75 Å². The topological polar surface area (TPSA) is 55.3 Å². The van der Waals surface area contributed by atoms with Gasteiger partial charge in [-0.05, 0) is 37.3 Å². The largest absolute Gasteiger partial charge is 0.439 e. The zero-order valence-electron chi connectivity index (χ0n) is 14.2. The van der Waals surface area contributed by atoms with Gasteiger partial charge in [-0.3, -0.25) is 9.78 Å². The van der Waals surface area contributed by atoms with E-state index < -0.39 is 0 Å². The number of pyridine rings is 2. The molecule has 0 fully saturated rings. The summed E-state index contributed by atoms with van der Waals surface area (Å²) in [5.41, 5.74) is 2.27. The Labute approximate surface area is 146 Å². The van der Waals surface area contributed by atoms with Crippen LogP contribution >= 0.6 is 0 Å². The maximum atomic E-state index is 12.6. The van der Waals surface area contributed by atoms with E-state index in [2.05, 4.69) is 9.97 Å². The molecule has 126 valence electrons. The summed E-state index contributed by atoms with van der Waals surface area (Å²) in [5, 5.41) is 0. The molecule has 0 N–H and O–H groups in total. The van der Waals surface area contributed by atoms with Crippen molar-refractivity contribution >= 4 is 5.91 Å². The van der Waals surface area contributed by atoms with Crippen LogP contribution in [0.15, 0.2) is 67.0 Å². The van der Waals surface area contributed by atoms with E-state index in [1.807, 2.05) is 55.5 Å². The average Bonchev–Trinajstić information content (AvgIpc) is 2.64. The molecule has 0 aliphatic rings. The number of amides is 1. The summed E-state index contributed by atoms with van der Waals surface area (Å²) in [5.74, 6) is 1.11. The third-order valence-corrected chi connectivity index (χ3v) is 3.72. The molecule has 3 aromatic rings. The number of aromatic nitrogens is 2. The van der Waals surface area contributed by atoms with Gasteiger partial charge < -0.3 is 9.64 Å². The average molecular weight is 333 g/mol. The van der Waals surface area contributed by atoms with Gasteiger partial charge in [-0.1, -0.05) is 24.3 Å². The third-order valence-electron chi connectivity index (χ3n) is 3.72. The van der Waals surface area contributed by atoms with Crippen LogP contribution in [0.4, 0.5) is 0 Å². The van der Waals surface area contributed by atoms with Crippen LogP contribution in [0, 0.1) is 6.92 Å². The van der Waals surface area contributed by atoms with Crippen molar-refractivity contribution in [2.75, 3.05) is 7.05 Å². The van der Waals surface area contributed by atoms with Crippen LogP contribution in [0.2, 0.25) is 0 Å². The van der Waals surface area contributed by atoms with Gasteiger partial charge in [0, 0.05) is 30.7 Å². The van der Waals surface area contributed by atoms with Crippen molar-refractivity contribution in [1.29, 1.82) is 0 Å². The highest BCUT2D eigenvalue weighted by atomic mass is 16.5. The van der Waals surface area contributed by atoms with E-state index in [-0.39, 0.29) is 5.91 Å². The summed E-state index contributed by atoms with van der Waals surface area (Å²) in [7, 11) is 1.75. The molecule has 0 saturated carbocycles. The van der Waals surface area contributed by atoms with Crippen LogP contribution in [-0.4, -0.2) is 27.8 Å². The summed E-state index contributed by atoms with van der Waals surface area (Å²) in [6, 6.07) is 16.8. The smallest absolute Gasteiger partial charge is 0.255 e. The monoisotopic (exact) mass is 333 g/mol. The third kappa shape index (κ3) is 4.20. The molecule has 0 unspecified atom stereocenters. The molecule has 0 saturated heterocycles. The molecule has 2 heterocycles. The van der Waals surface area contributed by atoms with Crippen molar-refractivity contribution in [3.8, 4) is 11.6 Å². The van der Waals surface area contributed by atoms with Crippen molar-refractivity contribution in [2.24, 2.45) is 0 Å². The quantitative estimate of drug-likeness (QED) is 0.712. The SMILES string of the molecule is Cc1ccc(C(=O)N(C)Cc2cccnc2Oc2ccccc2)cn1. The van der Waals surface area contributed by atoms with Crippen molar-refractivity contribution in [3.05, 3.63) is 83.8 Å². The minimum atomic E-state index is -0.0954. The van der Waals surface area contributed by atoms with Crippen LogP contribution < -0.4 is 4.74 Å². The second kappa shape index (κ2) is 7.57. The first kappa shape index (κ1) is 16.6. The zero-order valence-corrected chi connectivity index (χ0v) is 14.2. The number of rotatable bonds is 5. The Hall–Kier alpha value is -3.21. The minimum absolute atomic E-state index is 0.0954. The summed E-state index contributed by atoms with van der Waals surface area (Å²) < 4.78 is 5.85. The Morgan fingerprint density at radius 3 is 2.56 bits per heavy atom. The molecule has 0 bridgehead atoms. The molecule has 0 atom stereocenters. The lowest BCUT2D eigenvalue weighted by Gasteiger charge is -2.18. The predicted octanol–water partition coefficient (Wildman–Crippen LogP) is 3.85. The van der Waals surface area contributed by atoms with Crippen molar-refractivity contribution < 1.29 is 9.53 Å². The standard InChI is InChI=1S/C20H19N3O2/c1-15-10-11-16(13-22-15)20(24)23(2)14-17-7-6-12-21-19(17)25-18-8-4-3-5-9-18/h3-13H,14H2,1-2H3. The molecule has 5 nitrogen and oxygen atoms in total. The number of nitrogens with zero attached hydrogens (tertiary/aromatic N) is 3. The molecule has 5 heteroatoms. The Morgan fingerprint density at radius 1 is 1.04 bits per heavy atom. The Balaban J connectivity index is 1.76. The van der Waals surface area contributed by atoms with Gasteiger partial charge in [-0.2, -0.15) is 0 Å². The first-order valence-corrected chi connectivity index (χ1v) is 7.98. The lowest BCUT2D eigenvalue weighted by Crippen LogP contribution is -2.26. The molecule has 0 spiro atoms. The molecule has 1 amide bonds. The fourth-order valence-electron chi connectivity index (χ4n) is 2.38. The van der Waals surface area contributed by atoms with Crippen LogP contribution in [0.5, 0.6) is 11.6 Å². The van der Waals surface area contributed by atoms with Crippen LogP contribution in [0.3, 0.4) is 0 Å². The number of para-hydroxylation sites is 1. The summed E-state index contributed by atoms with van der Waals surface area (Å²) >= 11 is 0. The predicted molar refractivity (Wildman–Crippen MR) is 95.5 cm³/mol. The number of carbonyl (C=O) groups is 1. The van der Waals surface area contributed by atoms with Crippen LogP contribution in [0.1, 0.15) is 21.6 Å². The summed E-state index contributed by atoms with van der Waals surface area (Å²) in [6.45, 7) is 2.28. The van der Waals surface area contributed by atoms with Crippen molar-refractivity contribution in [1.82, 2.24) is 14.9 Å². The normalized spacial score (nSPS) is 10.3. The van der Waals surface area contributed by atoms with E-state index in [1.165, 1.54) is 0 Å². The van der Waals surface area contributed by atoms with Gasteiger partial charge in [0.05, 0.1) is 12.1 Å². The number of hydrogen-bond acceptors (Lipinski definition) is 4. The fraction of sp³-hybridized carbons (Fsp3) is 0.150. The van der Waals surface area contributed by atoms with E-state index in [0.29, 0.717) is 23.7 Å². The Bertz CT molecular complexity index is 848. The van der Waals surface area contributed by atoms with Gasteiger partial charge in [0.2, 0.25) is 5.88 Å². The number of aryl methyl sites for hydroxylation is 1. The highest BCUT2D eigenvalue weighted by molar-refractivity contribution is 5.93. The molecular weight excluding hydrogens is 314 g/mol. The van der Waals surface area contributed by atoms with Gasteiger partial charge >= 0.3 is 0 Å². The maximum Gasteiger partial charge on any atom is 0.255 e. The van der Waals surface area contributed by atoms with E-state index >= 15 is 0 Å². The van der Waals surface area contributed by atoms with Gasteiger partial charge in [0.25, 0.3) is 5.91 Å². The van der Waals surface area contributed by atoms with Crippen LogP contribution in [-0.2, 0) is 6.54 Å². The molecule has 3 rings (SSSR count). The molecule has 0 radical (unpaired) electrons. The Morgan fingerprint density at radius 2 is 1.84 bits per heavy atom. The fourth-order valence-corrected chi connectivity index (χ4v) is 2.38. The zero-order chi connectivity index (χ0) is 17.6. The number of benzene rings is 1. The van der Waals surface area contributed by atoms with Crippen molar-refractivity contribution in [3.63, 3.8) is 0 Å². The molecular formula is C20H19N3O2. The highest BCUT2D eigenvalue weighted by Crippen LogP contribution is 2.23. The summed E-state index contributed by atoms with van der Waals surface area (Å²) in [4.78, 5) is 22.7. The minimum Gasteiger partial charge on any atom is -0.439 e. The maximum absolute atomic E-state index is 12.6. The molecule has 0 aliphatic carbocycles. The van der Waals surface area contributed by atoms with Gasteiger partial charge in [-0.25, -0.2) is 4.98 Å². The lowest BCUT2D eigenvalue weighted by molar-refractivity contribution is 0.0784. The first-order valence-electron chi connectivity index (χ1n) is 7.98. The first-order chi connectivity index (χ1) is 12.1. The van der Waals surface area contributed by atoms with E-state index in [4.69, 9.17) is 4.74 Å². The molecule has 1 aromatic carbocycles. The van der Waals surface area contributed by atoms with E-state index in [9.17, 15) is 4.79 Å². The number of ether oxygens (including phenoxy) is 1. The van der Waals surface area contributed by atoms with Crippen molar-refractivity contribution in [2.45, 2.75) is 13.5 Å². The summed E-state index contributed by atoms with van der Waals surface area (Å²) in [6.07, 6.45) is 3.27. The number of carbonyl (C=O) groups excluding carboxylic acids is 1. The van der Waals surface area contributed by atoms with Gasteiger partial charge in [0.15, 0.2) is 0 Å². The Kier molecular flexibility index (Phi) is 5.04. The van der Waals surface area contributed by atoms with Gasteiger partial charge in [-0.15, -0.1) is 0 Å².